The highest BCUT2D eigenvalue weighted by atomic mass is 19.4. The van der Waals surface area contributed by atoms with Crippen LogP contribution in [0.2, 0.25) is 0 Å². The van der Waals surface area contributed by atoms with E-state index >= 15 is 0 Å². The lowest BCUT2D eigenvalue weighted by Gasteiger charge is -2.41. The van der Waals surface area contributed by atoms with Crippen LogP contribution in [0, 0.1) is 22.7 Å². The summed E-state index contributed by atoms with van der Waals surface area (Å²) in [6, 6.07) is 7.92. The zero-order valence-electron chi connectivity index (χ0n) is 22.5. The molecule has 0 unspecified atom stereocenters. The zero-order valence-corrected chi connectivity index (χ0v) is 22.5. The van der Waals surface area contributed by atoms with Gasteiger partial charge < -0.3 is 16.0 Å². The molecule has 0 aromatic heterocycles. The number of carbonyl (C=O) groups excluding carboxylic acids is 2. The number of amides is 3. The van der Waals surface area contributed by atoms with E-state index in [1.807, 2.05) is 0 Å². The molecule has 216 valence electrons. The van der Waals surface area contributed by atoms with Gasteiger partial charge in [-0.15, -0.1) is 0 Å². The summed E-state index contributed by atoms with van der Waals surface area (Å²) >= 11 is 0. The maximum atomic E-state index is 13.8. The maximum absolute atomic E-state index is 13.8. The third kappa shape index (κ3) is 7.99. The molecule has 2 aromatic rings. The summed E-state index contributed by atoms with van der Waals surface area (Å²) in [4.78, 5) is 27.3. The molecular weight excluding hydrogens is 530 g/mol. The molecule has 1 fully saturated rings. The smallest absolute Gasteiger partial charge is 0.368 e. The van der Waals surface area contributed by atoms with Gasteiger partial charge in [-0.05, 0) is 78.1 Å². The fraction of sp³-hybridized carbons (Fsp3) is 0.444. The van der Waals surface area contributed by atoms with E-state index in [4.69, 9.17) is 11.3 Å². The highest BCUT2D eigenvalue weighted by Gasteiger charge is 2.36. The van der Waals surface area contributed by atoms with E-state index in [1.54, 1.807) is 17.0 Å². The first-order valence-electron chi connectivity index (χ1n) is 12.7. The summed E-state index contributed by atoms with van der Waals surface area (Å²) in [5.74, 6) is -1.86. The predicted octanol–water partition coefficient (Wildman–Crippen LogP) is 6.47. The lowest BCUT2D eigenvalue weighted by atomic mass is 9.71. The third-order valence-corrected chi connectivity index (χ3v) is 7.11. The Morgan fingerprint density at radius 1 is 1.05 bits per heavy atom. The molecule has 40 heavy (non-hydrogen) atoms. The number of alkyl halides is 3. The number of carbonyl (C=O) groups is 2. The van der Waals surface area contributed by atoms with Crippen molar-refractivity contribution >= 4 is 23.6 Å². The minimum absolute atomic E-state index is 0.111. The molecule has 0 heterocycles. The molecule has 3 amide bonds. The van der Waals surface area contributed by atoms with Crippen LogP contribution in [0.1, 0.15) is 67.9 Å². The molecule has 13 heteroatoms. The van der Waals surface area contributed by atoms with Gasteiger partial charge in [0.2, 0.25) is 5.96 Å². The molecule has 1 saturated carbocycles. The van der Waals surface area contributed by atoms with Crippen molar-refractivity contribution < 1.29 is 27.2 Å². The molecular formula is C27H33F4N7O2. The minimum Gasteiger partial charge on any atom is -0.368 e. The lowest BCUT2D eigenvalue weighted by Crippen LogP contribution is -2.45. The highest BCUT2D eigenvalue weighted by Crippen LogP contribution is 2.39. The highest BCUT2D eigenvalue weighted by molar-refractivity contribution is 6.05. The number of hydrogen-bond acceptors (Lipinski definition) is 4. The molecule has 3 rings (SSSR count). The van der Waals surface area contributed by atoms with Crippen molar-refractivity contribution in [2.24, 2.45) is 27.4 Å². The standard InChI is InChI=1S/C27H33F4N7O2/c1-26(2,3)18-8-11-20(12-9-18)38(25(40)34-19-10-13-22(28)21(14-19)27(29,30)31)15-16-4-6-17(7-5-16)23(39)35-24(32)36-37-33/h4-7,10,13-14,18,20H,8-9,11-12,15H2,1-3H3,(H,34,40)(H4,32,33,35,36,39). The number of urea groups is 1. The average molecular weight is 564 g/mol. The first-order valence-corrected chi connectivity index (χ1v) is 12.7. The largest absolute Gasteiger partial charge is 0.419 e. The number of nitrogens with zero attached hydrogens (tertiary/aromatic N) is 3. The number of guanidine groups is 1. The first-order chi connectivity index (χ1) is 18.7. The summed E-state index contributed by atoms with van der Waals surface area (Å²) in [7, 11) is 0. The van der Waals surface area contributed by atoms with Crippen LogP contribution in [0.5, 0.6) is 0 Å². The predicted molar refractivity (Wildman–Crippen MR) is 142 cm³/mol. The van der Waals surface area contributed by atoms with Crippen LogP contribution in [0.4, 0.5) is 28.0 Å². The number of anilines is 1. The number of rotatable bonds is 6. The summed E-state index contributed by atoms with van der Waals surface area (Å²) in [5, 5.41) is 10.7. The van der Waals surface area contributed by atoms with E-state index in [0.717, 1.165) is 18.9 Å². The fourth-order valence-electron chi connectivity index (χ4n) is 4.86. The number of nitrogens with one attached hydrogen (secondary N) is 3. The Labute approximate surface area is 229 Å². The SMILES string of the molecule is CC(C)(C)C1CCC(N(Cc2ccc(C(=O)N/C(N)=N/N=N)cc2)C(=O)Nc2ccc(F)c(C(F)(F)F)c2)CC1. The van der Waals surface area contributed by atoms with Crippen molar-refractivity contribution in [3.8, 4) is 0 Å². The van der Waals surface area contributed by atoms with Gasteiger partial charge in [-0.3, -0.25) is 10.1 Å². The van der Waals surface area contributed by atoms with Gasteiger partial charge in [0, 0.05) is 23.8 Å². The van der Waals surface area contributed by atoms with Crippen molar-refractivity contribution in [2.45, 2.75) is 65.2 Å². The number of halogens is 4. The van der Waals surface area contributed by atoms with Gasteiger partial charge in [-0.25, -0.2) is 9.18 Å². The number of benzene rings is 2. The second-order valence-corrected chi connectivity index (χ2v) is 10.9. The Bertz CT molecular complexity index is 1250. The van der Waals surface area contributed by atoms with Gasteiger partial charge in [0.15, 0.2) is 0 Å². The molecule has 0 spiro atoms. The second kappa shape index (κ2) is 12.4. The Kier molecular flexibility index (Phi) is 9.48. The average Bonchev–Trinajstić information content (AvgIpc) is 2.87. The molecule has 0 atom stereocenters. The zero-order chi connectivity index (χ0) is 29.7. The summed E-state index contributed by atoms with van der Waals surface area (Å²) in [6.45, 7) is 6.66. The van der Waals surface area contributed by atoms with Crippen LogP contribution in [0.25, 0.3) is 0 Å². The normalized spacial score (nSPS) is 18.1. The van der Waals surface area contributed by atoms with Gasteiger partial charge >= 0.3 is 12.2 Å². The monoisotopic (exact) mass is 563 g/mol. The van der Waals surface area contributed by atoms with Gasteiger partial charge in [0.1, 0.15) is 5.82 Å². The molecule has 1 aliphatic rings. The Balaban J connectivity index is 1.82. The third-order valence-electron chi connectivity index (χ3n) is 7.11. The van der Waals surface area contributed by atoms with Crippen molar-refractivity contribution in [1.29, 1.82) is 5.53 Å². The number of hydrogen-bond donors (Lipinski definition) is 4. The first kappa shape index (κ1) is 30.5. The van der Waals surface area contributed by atoms with Crippen LogP contribution in [0.3, 0.4) is 0 Å². The van der Waals surface area contributed by atoms with Crippen molar-refractivity contribution in [1.82, 2.24) is 10.2 Å². The minimum atomic E-state index is -4.91. The summed E-state index contributed by atoms with van der Waals surface area (Å²) in [5.41, 5.74) is 11.5. The molecule has 9 nitrogen and oxygen atoms in total. The van der Waals surface area contributed by atoms with Crippen molar-refractivity contribution in [3.63, 3.8) is 0 Å². The molecule has 0 bridgehead atoms. The summed E-state index contributed by atoms with van der Waals surface area (Å²) in [6.07, 6.45) is -1.70. The summed E-state index contributed by atoms with van der Waals surface area (Å²) < 4.78 is 53.4. The molecule has 2 aromatic carbocycles. The van der Waals surface area contributed by atoms with Gasteiger partial charge in [-0.2, -0.15) is 18.7 Å². The number of nitrogens with two attached hydrogens (primary N) is 1. The van der Waals surface area contributed by atoms with E-state index in [9.17, 15) is 27.2 Å². The van der Waals surface area contributed by atoms with Crippen molar-refractivity contribution in [3.05, 3.63) is 65.0 Å². The lowest BCUT2D eigenvalue weighted by molar-refractivity contribution is -0.139. The molecule has 1 aliphatic carbocycles. The van der Waals surface area contributed by atoms with E-state index in [-0.39, 0.29) is 35.2 Å². The molecule has 5 N–H and O–H groups in total. The Morgan fingerprint density at radius 3 is 2.23 bits per heavy atom. The van der Waals surface area contributed by atoms with Crippen LogP contribution < -0.4 is 16.4 Å². The van der Waals surface area contributed by atoms with E-state index < -0.39 is 29.5 Å². The fourth-order valence-corrected chi connectivity index (χ4v) is 4.86. The maximum Gasteiger partial charge on any atom is 0.419 e. The van der Waals surface area contributed by atoms with Gasteiger partial charge in [0.25, 0.3) is 5.91 Å². The van der Waals surface area contributed by atoms with Crippen LogP contribution in [-0.2, 0) is 12.7 Å². The van der Waals surface area contributed by atoms with Crippen LogP contribution >= 0.6 is 0 Å². The second-order valence-electron chi connectivity index (χ2n) is 10.9. The van der Waals surface area contributed by atoms with E-state index in [1.165, 1.54) is 12.1 Å². The molecule has 0 radical (unpaired) electrons. The van der Waals surface area contributed by atoms with Gasteiger partial charge in [0.05, 0.1) is 5.56 Å². The topological polar surface area (TPSA) is 136 Å². The van der Waals surface area contributed by atoms with Crippen LogP contribution in [-0.4, -0.2) is 28.8 Å². The van der Waals surface area contributed by atoms with Crippen LogP contribution in [0.15, 0.2) is 52.8 Å². The van der Waals surface area contributed by atoms with E-state index in [0.29, 0.717) is 36.5 Å². The Morgan fingerprint density at radius 2 is 1.68 bits per heavy atom. The quantitative estimate of drug-likeness (QED) is 0.105. The Hall–Kier alpha value is -4.03. The van der Waals surface area contributed by atoms with Crippen molar-refractivity contribution in [2.75, 3.05) is 5.32 Å². The van der Waals surface area contributed by atoms with E-state index in [2.05, 4.69) is 41.7 Å². The van der Waals surface area contributed by atoms with Gasteiger partial charge in [-0.1, -0.05) is 38.0 Å². The molecule has 0 saturated heterocycles. The molecule has 0 aliphatic heterocycles.